The predicted molar refractivity (Wildman–Crippen MR) is 93.7 cm³/mol. The lowest BCUT2D eigenvalue weighted by Gasteiger charge is -2.13. The Labute approximate surface area is 144 Å². The van der Waals surface area contributed by atoms with E-state index in [1.54, 1.807) is 19.2 Å². The summed E-state index contributed by atoms with van der Waals surface area (Å²) in [7, 11) is 1.67. The number of halogens is 3. The van der Waals surface area contributed by atoms with Crippen LogP contribution in [0.15, 0.2) is 40.0 Å². The minimum atomic E-state index is -0.551. The van der Waals surface area contributed by atoms with Crippen LogP contribution in [0.4, 0.5) is 26.0 Å². The molecule has 23 heavy (non-hydrogen) atoms. The van der Waals surface area contributed by atoms with E-state index in [9.17, 15) is 8.78 Å². The first-order valence-corrected chi connectivity index (χ1v) is 7.81. The van der Waals surface area contributed by atoms with Gasteiger partial charge in [0, 0.05) is 11.5 Å². The molecule has 0 aliphatic rings. The highest BCUT2D eigenvalue weighted by Crippen LogP contribution is 2.33. The number of nitrogens with one attached hydrogen (secondary N) is 2. The second kappa shape index (κ2) is 6.29. The summed E-state index contributed by atoms with van der Waals surface area (Å²) >= 11 is 7.36. The zero-order chi connectivity index (χ0) is 16.6. The SMILES string of the molecule is CNc1ccc(Nc2ncnc3cc(Br)cc(F)c23)c(F)c1S. The molecule has 0 atom stereocenters. The highest BCUT2D eigenvalue weighted by molar-refractivity contribution is 9.10. The Balaban J connectivity index is 2.11. The third-order valence-electron chi connectivity index (χ3n) is 3.29. The van der Waals surface area contributed by atoms with Crippen molar-refractivity contribution in [1.29, 1.82) is 0 Å². The van der Waals surface area contributed by atoms with E-state index in [4.69, 9.17) is 0 Å². The lowest BCUT2D eigenvalue weighted by atomic mass is 10.2. The second-order valence-electron chi connectivity index (χ2n) is 4.70. The quantitative estimate of drug-likeness (QED) is 0.559. The number of anilines is 3. The van der Waals surface area contributed by atoms with Crippen molar-refractivity contribution in [3.63, 3.8) is 0 Å². The fourth-order valence-corrected chi connectivity index (χ4v) is 2.92. The molecule has 4 nitrogen and oxygen atoms in total. The van der Waals surface area contributed by atoms with E-state index in [0.717, 1.165) is 0 Å². The van der Waals surface area contributed by atoms with Gasteiger partial charge in [-0.3, -0.25) is 0 Å². The van der Waals surface area contributed by atoms with Gasteiger partial charge >= 0.3 is 0 Å². The number of aromatic nitrogens is 2. The first-order chi connectivity index (χ1) is 11.0. The number of benzene rings is 2. The van der Waals surface area contributed by atoms with Gasteiger partial charge in [-0.25, -0.2) is 18.7 Å². The third kappa shape index (κ3) is 2.96. The molecule has 0 aliphatic heterocycles. The van der Waals surface area contributed by atoms with Gasteiger partial charge in [-0.1, -0.05) is 15.9 Å². The van der Waals surface area contributed by atoms with Crippen molar-refractivity contribution in [3.05, 3.63) is 46.7 Å². The Morgan fingerprint density at radius 1 is 1.13 bits per heavy atom. The second-order valence-corrected chi connectivity index (χ2v) is 6.07. The number of fused-ring (bicyclic) bond motifs is 1. The Bertz CT molecular complexity index is 904. The third-order valence-corrected chi connectivity index (χ3v) is 4.19. The number of hydrogen-bond donors (Lipinski definition) is 3. The molecule has 8 heteroatoms. The smallest absolute Gasteiger partial charge is 0.162 e. The van der Waals surface area contributed by atoms with E-state index < -0.39 is 11.6 Å². The van der Waals surface area contributed by atoms with E-state index in [1.807, 2.05) is 0 Å². The van der Waals surface area contributed by atoms with Crippen molar-refractivity contribution in [2.24, 2.45) is 0 Å². The molecule has 2 N–H and O–H groups in total. The minimum Gasteiger partial charge on any atom is -0.387 e. The molecule has 0 amide bonds. The summed E-state index contributed by atoms with van der Waals surface area (Å²) in [4.78, 5) is 8.22. The molecular weight excluding hydrogens is 386 g/mol. The van der Waals surface area contributed by atoms with E-state index in [-0.39, 0.29) is 21.8 Å². The van der Waals surface area contributed by atoms with E-state index in [0.29, 0.717) is 15.7 Å². The van der Waals surface area contributed by atoms with Crippen LogP contribution in [0.5, 0.6) is 0 Å². The van der Waals surface area contributed by atoms with Crippen molar-refractivity contribution in [2.75, 3.05) is 17.7 Å². The van der Waals surface area contributed by atoms with Gasteiger partial charge in [0.05, 0.1) is 27.2 Å². The lowest BCUT2D eigenvalue weighted by Crippen LogP contribution is -2.01. The highest BCUT2D eigenvalue weighted by Gasteiger charge is 2.14. The van der Waals surface area contributed by atoms with Gasteiger partial charge in [0.15, 0.2) is 5.82 Å². The molecule has 0 fully saturated rings. The van der Waals surface area contributed by atoms with Crippen LogP contribution in [0.1, 0.15) is 0 Å². The van der Waals surface area contributed by atoms with Crippen molar-refractivity contribution in [1.82, 2.24) is 9.97 Å². The summed E-state index contributed by atoms with van der Waals surface area (Å²) in [6.07, 6.45) is 1.29. The highest BCUT2D eigenvalue weighted by atomic mass is 79.9. The Hall–Kier alpha value is -1.93. The lowest BCUT2D eigenvalue weighted by molar-refractivity contribution is 0.608. The number of hydrogen-bond acceptors (Lipinski definition) is 5. The van der Waals surface area contributed by atoms with E-state index in [1.165, 1.54) is 18.5 Å². The fourth-order valence-electron chi connectivity index (χ4n) is 2.19. The van der Waals surface area contributed by atoms with Gasteiger partial charge in [-0.05, 0) is 24.3 Å². The molecule has 1 heterocycles. The summed E-state index contributed by atoms with van der Waals surface area (Å²) in [6, 6.07) is 6.17. The maximum Gasteiger partial charge on any atom is 0.162 e. The normalized spacial score (nSPS) is 10.8. The Morgan fingerprint density at radius 3 is 2.61 bits per heavy atom. The molecule has 0 saturated carbocycles. The van der Waals surface area contributed by atoms with Crippen molar-refractivity contribution < 1.29 is 8.78 Å². The first kappa shape index (κ1) is 15.9. The molecule has 0 saturated heterocycles. The first-order valence-electron chi connectivity index (χ1n) is 6.57. The maximum absolute atomic E-state index is 14.4. The summed E-state index contributed by atoms with van der Waals surface area (Å²) in [5.41, 5.74) is 1.11. The molecule has 0 bridgehead atoms. The number of nitrogens with zero attached hydrogens (tertiary/aromatic N) is 2. The molecule has 1 aromatic heterocycles. The van der Waals surface area contributed by atoms with Gasteiger partial charge in [-0.15, -0.1) is 12.6 Å². The molecule has 118 valence electrons. The summed E-state index contributed by atoms with van der Waals surface area (Å²) in [5.74, 6) is -0.871. The molecular formula is C15H11BrF2N4S. The van der Waals surface area contributed by atoms with Crippen molar-refractivity contribution in [2.45, 2.75) is 4.90 Å². The van der Waals surface area contributed by atoms with E-state index >= 15 is 0 Å². The van der Waals surface area contributed by atoms with Crippen LogP contribution in [-0.4, -0.2) is 17.0 Å². The molecule has 2 aromatic carbocycles. The molecule has 3 rings (SSSR count). The van der Waals surface area contributed by atoms with Gasteiger partial charge in [-0.2, -0.15) is 0 Å². The molecule has 0 aliphatic carbocycles. The van der Waals surface area contributed by atoms with E-state index in [2.05, 4.69) is 49.2 Å². The van der Waals surface area contributed by atoms with Gasteiger partial charge < -0.3 is 10.6 Å². The predicted octanol–water partition coefficient (Wildman–Crippen LogP) is 4.74. The van der Waals surface area contributed by atoms with Gasteiger partial charge in [0.2, 0.25) is 0 Å². The van der Waals surface area contributed by atoms with Crippen LogP contribution in [-0.2, 0) is 0 Å². The largest absolute Gasteiger partial charge is 0.387 e. The molecule has 0 spiro atoms. The zero-order valence-corrected chi connectivity index (χ0v) is 14.3. The topological polar surface area (TPSA) is 49.8 Å². The fraction of sp³-hybridized carbons (Fsp3) is 0.0667. The average Bonchev–Trinajstić information content (AvgIpc) is 2.51. The van der Waals surface area contributed by atoms with Gasteiger partial charge in [0.25, 0.3) is 0 Å². The molecule has 0 unspecified atom stereocenters. The van der Waals surface area contributed by atoms with Crippen LogP contribution < -0.4 is 10.6 Å². The summed E-state index contributed by atoms with van der Waals surface area (Å²) in [5, 5.41) is 5.84. The Kier molecular flexibility index (Phi) is 4.36. The van der Waals surface area contributed by atoms with Crippen LogP contribution in [0.2, 0.25) is 0 Å². The van der Waals surface area contributed by atoms with Crippen LogP contribution in [0.25, 0.3) is 10.9 Å². The Morgan fingerprint density at radius 2 is 1.87 bits per heavy atom. The van der Waals surface area contributed by atoms with Gasteiger partial charge in [0.1, 0.15) is 18.0 Å². The monoisotopic (exact) mass is 396 g/mol. The number of rotatable bonds is 3. The summed E-state index contributed by atoms with van der Waals surface area (Å²) < 4.78 is 29.2. The van der Waals surface area contributed by atoms with Crippen LogP contribution in [0, 0.1) is 11.6 Å². The summed E-state index contributed by atoms with van der Waals surface area (Å²) in [6.45, 7) is 0. The molecule has 3 aromatic rings. The average molecular weight is 397 g/mol. The maximum atomic E-state index is 14.4. The zero-order valence-electron chi connectivity index (χ0n) is 11.9. The van der Waals surface area contributed by atoms with Crippen LogP contribution in [0.3, 0.4) is 0 Å². The van der Waals surface area contributed by atoms with Crippen molar-refractivity contribution >= 4 is 56.7 Å². The standard InChI is InChI=1S/C15H11BrF2N4S/c1-19-10-3-2-9(13(18)14(10)23)22-15-12-8(17)4-7(16)5-11(12)20-6-21-15/h2-6,19,23H,1H3,(H,20,21,22). The number of thiol groups is 1. The van der Waals surface area contributed by atoms with Crippen molar-refractivity contribution in [3.8, 4) is 0 Å². The molecule has 0 radical (unpaired) electrons. The minimum absolute atomic E-state index is 0.149. The van der Waals surface area contributed by atoms with Crippen LogP contribution >= 0.6 is 28.6 Å².